The summed E-state index contributed by atoms with van der Waals surface area (Å²) in [7, 11) is 0. The fourth-order valence-corrected chi connectivity index (χ4v) is 2.94. The summed E-state index contributed by atoms with van der Waals surface area (Å²) in [6, 6.07) is 9.17. The van der Waals surface area contributed by atoms with Crippen LogP contribution in [0.3, 0.4) is 0 Å². The first kappa shape index (κ1) is 13.6. The molecule has 1 aromatic rings. The summed E-state index contributed by atoms with van der Waals surface area (Å²) in [5, 5.41) is 3.48. The van der Waals surface area contributed by atoms with Crippen LogP contribution < -0.4 is 11.1 Å². The van der Waals surface area contributed by atoms with Gasteiger partial charge in [0.05, 0.1) is 0 Å². The Kier molecular flexibility index (Phi) is 4.79. The lowest BCUT2D eigenvalue weighted by molar-refractivity contribution is 0.461. The predicted octanol–water partition coefficient (Wildman–Crippen LogP) is 2.85. The molecule has 2 atom stereocenters. The summed E-state index contributed by atoms with van der Waals surface area (Å²) < 4.78 is 0. The molecule has 0 amide bonds. The molecule has 0 aromatic heterocycles. The molecule has 0 bridgehead atoms. The SMILES string of the molecule is CC(C)C(CN)c1ccc(C2CCCNC2)cc1. The second-order valence-electron chi connectivity index (χ2n) is 5.80. The van der Waals surface area contributed by atoms with Gasteiger partial charge in [-0.2, -0.15) is 0 Å². The number of rotatable bonds is 4. The van der Waals surface area contributed by atoms with Gasteiger partial charge in [0, 0.05) is 6.54 Å². The average Bonchev–Trinajstić information content (AvgIpc) is 2.41. The number of hydrogen-bond donors (Lipinski definition) is 2. The van der Waals surface area contributed by atoms with E-state index in [9.17, 15) is 0 Å². The molecule has 1 saturated heterocycles. The molecular weight excluding hydrogens is 220 g/mol. The molecule has 0 radical (unpaired) electrons. The zero-order valence-corrected chi connectivity index (χ0v) is 11.7. The van der Waals surface area contributed by atoms with Gasteiger partial charge in [0.2, 0.25) is 0 Å². The predicted molar refractivity (Wildman–Crippen MR) is 77.9 cm³/mol. The van der Waals surface area contributed by atoms with Crippen molar-refractivity contribution in [2.24, 2.45) is 11.7 Å². The molecule has 2 nitrogen and oxygen atoms in total. The van der Waals surface area contributed by atoms with E-state index in [1.165, 1.54) is 30.5 Å². The van der Waals surface area contributed by atoms with Crippen LogP contribution in [0.15, 0.2) is 24.3 Å². The number of piperidine rings is 1. The van der Waals surface area contributed by atoms with Gasteiger partial charge in [-0.25, -0.2) is 0 Å². The van der Waals surface area contributed by atoms with Gasteiger partial charge in [0.1, 0.15) is 0 Å². The van der Waals surface area contributed by atoms with E-state index in [0.29, 0.717) is 17.8 Å². The van der Waals surface area contributed by atoms with E-state index in [2.05, 4.69) is 43.4 Å². The standard InChI is InChI=1S/C16H26N2/c1-12(2)16(10-17)14-7-5-13(6-8-14)15-4-3-9-18-11-15/h5-8,12,15-16,18H,3-4,9-11,17H2,1-2H3. The van der Waals surface area contributed by atoms with Crippen LogP contribution in [0, 0.1) is 5.92 Å². The lowest BCUT2D eigenvalue weighted by Crippen LogP contribution is -2.28. The second kappa shape index (κ2) is 6.35. The maximum atomic E-state index is 5.88. The van der Waals surface area contributed by atoms with Crippen LogP contribution in [0.5, 0.6) is 0 Å². The van der Waals surface area contributed by atoms with Crippen LogP contribution in [-0.4, -0.2) is 19.6 Å². The molecule has 2 heteroatoms. The van der Waals surface area contributed by atoms with E-state index in [1.807, 2.05) is 0 Å². The molecule has 0 aliphatic carbocycles. The molecule has 1 aromatic carbocycles. The lowest BCUT2D eigenvalue weighted by Gasteiger charge is -2.24. The van der Waals surface area contributed by atoms with Crippen LogP contribution >= 0.6 is 0 Å². The highest BCUT2D eigenvalue weighted by Crippen LogP contribution is 2.27. The summed E-state index contributed by atoms with van der Waals surface area (Å²) in [5.41, 5.74) is 8.74. The van der Waals surface area contributed by atoms with Gasteiger partial charge in [-0.05, 0) is 54.8 Å². The number of nitrogens with one attached hydrogen (secondary N) is 1. The summed E-state index contributed by atoms with van der Waals surface area (Å²) in [6.45, 7) is 7.54. The Bertz CT molecular complexity index is 350. The highest BCUT2D eigenvalue weighted by atomic mass is 14.9. The summed E-state index contributed by atoms with van der Waals surface area (Å²) in [6.07, 6.45) is 2.61. The van der Waals surface area contributed by atoms with Crippen molar-refractivity contribution < 1.29 is 0 Å². The first-order valence-electron chi connectivity index (χ1n) is 7.23. The molecule has 18 heavy (non-hydrogen) atoms. The Morgan fingerprint density at radius 2 is 2.00 bits per heavy atom. The molecule has 0 spiro atoms. The van der Waals surface area contributed by atoms with Gasteiger partial charge in [-0.3, -0.25) is 0 Å². The van der Waals surface area contributed by atoms with Crippen molar-refractivity contribution in [1.29, 1.82) is 0 Å². The fourth-order valence-electron chi connectivity index (χ4n) is 2.94. The smallest absolute Gasteiger partial charge is 0.00201 e. The van der Waals surface area contributed by atoms with Crippen LogP contribution in [0.2, 0.25) is 0 Å². The van der Waals surface area contributed by atoms with Crippen LogP contribution in [0.4, 0.5) is 0 Å². The molecule has 2 unspecified atom stereocenters. The Morgan fingerprint density at radius 3 is 2.50 bits per heavy atom. The van der Waals surface area contributed by atoms with Crippen LogP contribution in [0.1, 0.15) is 49.7 Å². The minimum Gasteiger partial charge on any atom is -0.330 e. The van der Waals surface area contributed by atoms with Gasteiger partial charge >= 0.3 is 0 Å². The van der Waals surface area contributed by atoms with Crippen molar-refractivity contribution in [2.75, 3.05) is 19.6 Å². The van der Waals surface area contributed by atoms with Crippen molar-refractivity contribution in [2.45, 2.75) is 38.5 Å². The number of benzene rings is 1. The van der Waals surface area contributed by atoms with Crippen LogP contribution in [-0.2, 0) is 0 Å². The van der Waals surface area contributed by atoms with E-state index in [4.69, 9.17) is 5.73 Å². The summed E-state index contributed by atoms with van der Waals surface area (Å²) in [5.74, 6) is 1.80. The highest BCUT2D eigenvalue weighted by Gasteiger charge is 2.17. The second-order valence-corrected chi connectivity index (χ2v) is 5.80. The van der Waals surface area contributed by atoms with Crippen molar-refractivity contribution in [3.05, 3.63) is 35.4 Å². The Hall–Kier alpha value is -0.860. The van der Waals surface area contributed by atoms with Crippen LogP contribution in [0.25, 0.3) is 0 Å². The average molecular weight is 246 g/mol. The fraction of sp³-hybridized carbons (Fsp3) is 0.625. The highest BCUT2D eigenvalue weighted by molar-refractivity contribution is 5.28. The molecule has 3 N–H and O–H groups in total. The van der Waals surface area contributed by atoms with E-state index < -0.39 is 0 Å². The van der Waals surface area contributed by atoms with E-state index in [-0.39, 0.29) is 0 Å². The third-order valence-corrected chi connectivity index (χ3v) is 4.19. The summed E-state index contributed by atoms with van der Waals surface area (Å²) >= 11 is 0. The summed E-state index contributed by atoms with van der Waals surface area (Å²) in [4.78, 5) is 0. The number of nitrogens with two attached hydrogens (primary N) is 1. The minimum absolute atomic E-state index is 0.489. The quantitative estimate of drug-likeness (QED) is 0.857. The molecule has 2 rings (SSSR count). The molecule has 0 saturated carbocycles. The van der Waals surface area contributed by atoms with E-state index in [1.54, 1.807) is 0 Å². The van der Waals surface area contributed by atoms with Gasteiger partial charge < -0.3 is 11.1 Å². The Balaban J connectivity index is 2.08. The molecule has 1 fully saturated rings. The molecular formula is C16H26N2. The van der Waals surface area contributed by atoms with Crippen molar-refractivity contribution >= 4 is 0 Å². The van der Waals surface area contributed by atoms with Gasteiger partial charge in [-0.15, -0.1) is 0 Å². The molecule has 1 heterocycles. The van der Waals surface area contributed by atoms with Gasteiger partial charge in [-0.1, -0.05) is 38.1 Å². The van der Waals surface area contributed by atoms with E-state index >= 15 is 0 Å². The zero-order chi connectivity index (χ0) is 13.0. The third kappa shape index (κ3) is 3.12. The molecule has 1 aliphatic rings. The first-order chi connectivity index (χ1) is 8.72. The normalized spacial score (nSPS) is 22.1. The Labute approximate surface area is 111 Å². The maximum absolute atomic E-state index is 5.88. The van der Waals surface area contributed by atoms with E-state index in [0.717, 1.165) is 13.1 Å². The molecule has 100 valence electrons. The number of hydrogen-bond acceptors (Lipinski definition) is 2. The maximum Gasteiger partial charge on any atom is 0.00201 e. The first-order valence-corrected chi connectivity index (χ1v) is 7.23. The minimum atomic E-state index is 0.489. The lowest BCUT2D eigenvalue weighted by atomic mass is 9.86. The topological polar surface area (TPSA) is 38.0 Å². The zero-order valence-electron chi connectivity index (χ0n) is 11.7. The van der Waals surface area contributed by atoms with Gasteiger partial charge in [0.15, 0.2) is 0 Å². The molecule has 1 aliphatic heterocycles. The van der Waals surface area contributed by atoms with Gasteiger partial charge in [0.25, 0.3) is 0 Å². The van der Waals surface area contributed by atoms with Crippen molar-refractivity contribution in [3.63, 3.8) is 0 Å². The monoisotopic (exact) mass is 246 g/mol. The Morgan fingerprint density at radius 1 is 1.28 bits per heavy atom. The van der Waals surface area contributed by atoms with Crippen molar-refractivity contribution in [3.8, 4) is 0 Å². The third-order valence-electron chi connectivity index (χ3n) is 4.19. The van der Waals surface area contributed by atoms with Crippen molar-refractivity contribution in [1.82, 2.24) is 5.32 Å². The largest absolute Gasteiger partial charge is 0.330 e.